The van der Waals surface area contributed by atoms with Crippen molar-refractivity contribution in [2.45, 2.75) is 20.0 Å². The molecule has 7 heteroatoms. The molecule has 3 rings (SSSR count). The zero-order valence-electron chi connectivity index (χ0n) is 15.5. The number of ether oxygens (including phenoxy) is 2. The van der Waals surface area contributed by atoms with Crippen LogP contribution in [0.4, 0.5) is 4.39 Å². The van der Waals surface area contributed by atoms with Crippen LogP contribution in [0.3, 0.4) is 0 Å². The minimum absolute atomic E-state index is 0.137. The zero-order chi connectivity index (χ0) is 20.1. The van der Waals surface area contributed by atoms with E-state index in [9.17, 15) is 14.0 Å². The molecule has 28 heavy (non-hydrogen) atoms. The Morgan fingerprint density at radius 1 is 1.11 bits per heavy atom. The maximum absolute atomic E-state index is 13.1. The molecule has 0 unspecified atom stereocenters. The third-order valence-electron chi connectivity index (χ3n) is 4.06. The predicted molar refractivity (Wildman–Crippen MR) is 100 cm³/mol. The van der Waals surface area contributed by atoms with Crippen molar-refractivity contribution >= 4 is 11.8 Å². The summed E-state index contributed by atoms with van der Waals surface area (Å²) in [4.78, 5) is 29.0. The highest BCUT2D eigenvalue weighted by atomic mass is 19.1. The normalized spacial score (nSPS) is 11.7. The molecule has 0 aliphatic heterocycles. The highest BCUT2D eigenvalue weighted by Crippen LogP contribution is 2.17. The van der Waals surface area contributed by atoms with E-state index in [-0.39, 0.29) is 17.3 Å². The number of Topliss-reactive ketones (excluding diaryl/α,β-unsaturated/α-hetero) is 1. The molecular formula is C21H19FN2O4. The summed E-state index contributed by atoms with van der Waals surface area (Å²) in [6.45, 7) is 3.91. The lowest BCUT2D eigenvalue weighted by Gasteiger charge is -2.14. The van der Waals surface area contributed by atoms with Gasteiger partial charge in [-0.3, -0.25) is 9.36 Å². The third kappa shape index (κ3) is 4.25. The summed E-state index contributed by atoms with van der Waals surface area (Å²) in [5, 5.41) is 0. The number of benzene rings is 2. The van der Waals surface area contributed by atoms with Gasteiger partial charge in [-0.2, -0.15) is 0 Å². The molecule has 0 amide bonds. The fraction of sp³-hybridized carbons (Fsp3) is 0.190. The molecule has 1 aromatic heterocycles. The Bertz CT molecular complexity index is 965. The van der Waals surface area contributed by atoms with Crippen molar-refractivity contribution in [2.24, 2.45) is 0 Å². The zero-order valence-corrected chi connectivity index (χ0v) is 15.5. The summed E-state index contributed by atoms with van der Waals surface area (Å²) < 4.78 is 25.3. The summed E-state index contributed by atoms with van der Waals surface area (Å²) in [7, 11) is 0. The molecule has 1 atom stereocenters. The molecule has 0 saturated carbocycles. The largest absolute Gasteiger partial charge is 0.494 e. The first-order valence-electron chi connectivity index (χ1n) is 8.76. The number of carbonyl (C=O) groups is 2. The number of aromatic nitrogens is 2. The van der Waals surface area contributed by atoms with Crippen molar-refractivity contribution in [3.63, 3.8) is 0 Å². The van der Waals surface area contributed by atoms with Gasteiger partial charge in [-0.1, -0.05) is 0 Å². The van der Waals surface area contributed by atoms with E-state index in [0.29, 0.717) is 23.6 Å². The van der Waals surface area contributed by atoms with Gasteiger partial charge in [0.25, 0.3) is 0 Å². The molecule has 0 bridgehead atoms. The second kappa shape index (κ2) is 8.47. The van der Waals surface area contributed by atoms with E-state index >= 15 is 0 Å². The van der Waals surface area contributed by atoms with E-state index in [2.05, 4.69) is 4.98 Å². The van der Waals surface area contributed by atoms with Gasteiger partial charge in [-0.25, -0.2) is 14.2 Å². The standard InChI is InChI=1S/C21H19FN2O4/c1-3-27-18-10-4-15(5-11-18)20(25)14(2)28-21(26)19-12-23-13-24(19)17-8-6-16(22)7-9-17/h4-14H,3H2,1-2H3/t14-/m0/s1. The van der Waals surface area contributed by atoms with Crippen LogP contribution in [0.15, 0.2) is 61.1 Å². The van der Waals surface area contributed by atoms with Gasteiger partial charge in [-0.05, 0) is 62.4 Å². The molecule has 1 heterocycles. The summed E-state index contributed by atoms with van der Waals surface area (Å²) in [5.41, 5.74) is 1.10. The number of hydrogen-bond donors (Lipinski definition) is 0. The highest BCUT2D eigenvalue weighted by Gasteiger charge is 2.23. The van der Waals surface area contributed by atoms with E-state index in [1.807, 2.05) is 6.92 Å². The number of carbonyl (C=O) groups excluding carboxylic acids is 2. The summed E-state index contributed by atoms with van der Waals surface area (Å²) in [6, 6.07) is 12.2. The second-order valence-electron chi connectivity index (χ2n) is 5.99. The smallest absolute Gasteiger partial charge is 0.357 e. The molecule has 6 nitrogen and oxygen atoms in total. The lowest BCUT2D eigenvalue weighted by atomic mass is 10.1. The molecule has 0 spiro atoms. The van der Waals surface area contributed by atoms with Gasteiger partial charge < -0.3 is 9.47 Å². The monoisotopic (exact) mass is 382 g/mol. The van der Waals surface area contributed by atoms with E-state index in [4.69, 9.17) is 9.47 Å². The van der Waals surface area contributed by atoms with Crippen LogP contribution in [-0.4, -0.2) is 34.0 Å². The molecule has 144 valence electrons. The first-order valence-corrected chi connectivity index (χ1v) is 8.76. The van der Waals surface area contributed by atoms with Gasteiger partial charge >= 0.3 is 5.97 Å². The summed E-state index contributed by atoms with van der Waals surface area (Å²) >= 11 is 0. The fourth-order valence-electron chi connectivity index (χ4n) is 2.64. The molecule has 2 aromatic carbocycles. The Morgan fingerprint density at radius 2 is 1.79 bits per heavy atom. The first-order chi connectivity index (χ1) is 13.5. The summed E-state index contributed by atoms with van der Waals surface area (Å²) in [6.07, 6.45) is 1.77. The molecule has 0 fully saturated rings. The average Bonchev–Trinajstić information content (AvgIpc) is 3.19. The van der Waals surface area contributed by atoms with E-state index in [1.54, 1.807) is 24.3 Å². The molecule has 0 aliphatic carbocycles. The Kier molecular flexibility index (Phi) is 5.84. The topological polar surface area (TPSA) is 70.4 Å². The molecule has 0 saturated heterocycles. The number of nitrogens with zero attached hydrogens (tertiary/aromatic N) is 2. The predicted octanol–water partition coefficient (Wildman–Crippen LogP) is 3.84. The van der Waals surface area contributed by atoms with Crippen molar-refractivity contribution in [1.29, 1.82) is 0 Å². The summed E-state index contributed by atoms with van der Waals surface area (Å²) in [5.74, 6) is -0.757. The van der Waals surface area contributed by atoms with Crippen LogP contribution >= 0.6 is 0 Å². The van der Waals surface area contributed by atoms with E-state index < -0.39 is 12.1 Å². The van der Waals surface area contributed by atoms with Crippen molar-refractivity contribution in [2.75, 3.05) is 6.61 Å². The number of halogens is 1. The minimum Gasteiger partial charge on any atom is -0.494 e. The molecule has 0 N–H and O–H groups in total. The highest BCUT2D eigenvalue weighted by molar-refractivity contribution is 6.01. The van der Waals surface area contributed by atoms with Crippen LogP contribution in [-0.2, 0) is 4.74 Å². The van der Waals surface area contributed by atoms with Crippen molar-refractivity contribution in [1.82, 2.24) is 9.55 Å². The maximum atomic E-state index is 13.1. The Labute approximate surface area is 161 Å². The first kappa shape index (κ1) is 19.3. The SMILES string of the molecule is CCOc1ccc(C(=O)[C@H](C)OC(=O)c2cncn2-c2ccc(F)cc2)cc1. The Hall–Kier alpha value is -3.48. The van der Waals surface area contributed by atoms with Crippen LogP contribution in [0.2, 0.25) is 0 Å². The van der Waals surface area contributed by atoms with Gasteiger partial charge in [0.15, 0.2) is 11.8 Å². The lowest BCUT2D eigenvalue weighted by Crippen LogP contribution is -2.25. The van der Waals surface area contributed by atoms with Crippen LogP contribution in [0.5, 0.6) is 5.75 Å². The van der Waals surface area contributed by atoms with Gasteiger partial charge in [0, 0.05) is 11.3 Å². The lowest BCUT2D eigenvalue weighted by molar-refractivity contribution is 0.0311. The molecule has 0 aliphatic rings. The average molecular weight is 382 g/mol. The number of imidazole rings is 1. The van der Waals surface area contributed by atoms with Gasteiger partial charge in [0.05, 0.1) is 19.1 Å². The number of esters is 1. The van der Waals surface area contributed by atoms with Crippen molar-refractivity contribution < 1.29 is 23.5 Å². The van der Waals surface area contributed by atoms with Gasteiger partial charge in [0.1, 0.15) is 11.6 Å². The van der Waals surface area contributed by atoms with Crippen LogP contribution in [0.1, 0.15) is 34.7 Å². The van der Waals surface area contributed by atoms with Crippen LogP contribution in [0, 0.1) is 5.82 Å². The van der Waals surface area contributed by atoms with Gasteiger partial charge in [-0.15, -0.1) is 0 Å². The maximum Gasteiger partial charge on any atom is 0.357 e. The molecular weight excluding hydrogens is 363 g/mol. The number of ketones is 1. The van der Waals surface area contributed by atoms with Crippen molar-refractivity contribution in [3.05, 3.63) is 78.1 Å². The second-order valence-corrected chi connectivity index (χ2v) is 5.99. The number of rotatable bonds is 7. The molecule has 0 radical (unpaired) electrons. The van der Waals surface area contributed by atoms with E-state index in [1.165, 1.54) is 48.3 Å². The third-order valence-corrected chi connectivity index (χ3v) is 4.06. The minimum atomic E-state index is -0.984. The fourth-order valence-corrected chi connectivity index (χ4v) is 2.64. The molecule has 3 aromatic rings. The van der Waals surface area contributed by atoms with Gasteiger partial charge in [0.2, 0.25) is 5.78 Å². The Balaban J connectivity index is 1.71. The number of hydrogen-bond acceptors (Lipinski definition) is 5. The Morgan fingerprint density at radius 3 is 2.43 bits per heavy atom. The quantitative estimate of drug-likeness (QED) is 0.459. The van der Waals surface area contributed by atoms with Crippen molar-refractivity contribution in [3.8, 4) is 11.4 Å². The van der Waals surface area contributed by atoms with Crippen LogP contribution < -0.4 is 4.74 Å². The van der Waals surface area contributed by atoms with Crippen LogP contribution in [0.25, 0.3) is 5.69 Å². The van der Waals surface area contributed by atoms with E-state index in [0.717, 1.165) is 0 Å².